The summed E-state index contributed by atoms with van der Waals surface area (Å²) >= 11 is 0. The number of likely N-dealkylation sites (tertiary alicyclic amines) is 1. The van der Waals surface area contributed by atoms with E-state index in [-0.39, 0.29) is 5.92 Å². The molecule has 3 heterocycles. The van der Waals surface area contributed by atoms with Gasteiger partial charge in [-0.05, 0) is 68.2 Å². The van der Waals surface area contributed by atoms with E-state index in [1.807, 2.05) is 12.1 Å². The van der Waals surface area contributed by atoms with Crippen LogP contribution in [0.2, 0.25) is 0 Å². The Labute approximate surface area is 190 Å². The molecule has 1 aromatic carbocycles. The molecule has 2 saturated heterocycles. The molecule has 2 fully saturated rings. The normalized spacial score (nSPS) is 19.6. The lowest BCUT2D eigenvalue weighted by Crippen LogP contribution is -2.47. The Hall–Kier alpha value is -2.83. The Bertz CT molecular complexity index is 862. The third kappa shape index (κ3) is 5.50. The summed E-state index contributed by atoms with van der Waals surface area (Å²) in [6, 6.07) is 7.91. The Morgan fingerprint density at radius 3 is 2.34 bits per heavy atom. The number of rotatable bonds is 7. The number of hydrogen-bond acceptors (Lipinski definition) is 6. The van der Waals surface area contributed by atoms with Crippen molar-refractivity contribution >= 4 is 11.9 Å². The SMILES string of the molecule is COc1cc(CCC2CCN(C(=O)[C@H]3CCCN(c4ncccn4)C3)CC2)cc(OC)c1. The molecule has 2 aliphatic rings. The maximum atomic E-state index is 13.2. The Morgan fingerprint density at radius 2 is 1.69 bits per heavy atom. The number of nitrogens with zero attached hydrogens (tertiary/aromatic N) is 4. The van der Waals surface area contributed by atoms with Crippen molar-refractivity contribution < 1.29 is 14.3 Å². The quantitative estimate of drug-likeness (QED) is 0.658. The minimum atomic E-state index is 0.0494. The van der Waals surface area contributed by atoms with Crippen molar-refractivity contribution in [1.29, 1.82) is 0 Å². The van der Waals surface area contributed by atoms with Gasteiger partial charge in [0.05, 0.1) is 20.1 Å². The highest BCUT2D eigenvalue weighted by Crippen LogP contribution is 2.28. The second kappa shape index (κ2) is 10.7. The summed E-state index contributed by atoms with van der Waals surface area (Å²) in [7, 11) is 3.37. The molecule has 2 aromatic rings. The molecule has 0 radical (unpaired) electrons. The van der Waals surface area contributed by atoms with E-state index in [4.69, 9.17) is 9.47 Å². The number of carbonyl (C=O) groups is 1. The van der Waals surface area contributed by atoms with Crippen LogP contribution in [0.25, 0.3) is 0 Å². The largest absolute Gasteiger partial charge is 0.497 e. The summed E-state index contributed by atoms with van der Waals surface area (Å²) in [6.07, 6.45) is 9.77. The fraction of sp³-hybridized carbons (Fsp3) is 0.560. The average Bonchev–Trinajstić information content (AvgIpc) is 2.87. The van der Waals surface area contributed by atoms with E-state index in [9.17, 15) is 4.79 Å². The Morgan fingerprint density at radius 1 is 1.00 bits per heavy atom. The number of aryl methyl sites for hydroxylation is 1. The van der Waals surface area contributed by atoms with Crippen LogP contribution in [0.1, 0.15) is 37.7 Å². The molecule has 0 spiro atoms. The van der Waals surface area contributed by atoms with Crippen molar-refractivity contribution in [2.75, 3.05) is 45.3 Å². The number of ether oxygens (including phenoxy) is 2. The van der Waals surface area contributed by atoms with Crippen LogP contribution in [0, 0.1) is 11.8 Å². The van der Waals surface area contributed by atoms with Crippen molar-refractivity contribution in [1.82, 2.24) is 14.9 Å². The molecule has 0 unspecified atom stereocenters. The van der Waals surface area contributed by atoms with Gasteiger partial charge < -0.3 is 19.3 Å². The van der Waals surface area contributed by atoms with Crippen LogP contribution < -0.4 is 14.4 Å². The molecule has 2 aliphatic heterocycles. The third-order valence-electron chi connectivity index (χ3n) is 6.78. The molecule has 1 atom stereocenters. The molecule has 1 aromatic heterocycles. The number of anilines is 1. The first-order valence-corrected chi connectivity index (χ1v) is 11.7. The van der Waals surface area contributed by atoms with Crippen molar-refractivity contribution in [2.24, 2.45) is 11.8 Å². The third-order valence-corrected chi connectivity index (χ3v) is 6.78. The van der Waals surface area contributed by atoms with Gasteiger partial charge in [-0.1, -0.05) is 0 Å². The average molecular weight is 439 g/mol. The fourth-order valence-corrected chi connectivity index (χ4v) is 4.90. The topological polar surface area (TPSA) is 67.8 Å². The van der Waals surface area contributed by atoms with E-state index in [2.05, 4.69) is 31.9 Å². The molecule has 32 heavy (non-hydrogen) atoms. The minimum absolute atomic E-state index is 0.0494. The first kappa shape index (κ1) is 22.4. The number of methoxy groups -OCH3 is 2. The van der Waals surface area contributed by atoms with Crippen molar-refractivity contribution in [2.45, 2.75) is 38.5 Å². The lowest BCUT2D eigenvalue weighted by atomic mass is 9.89. The number of amides is 1. The number of aromatic nitrogens is 2. The van der Waals surface area contributed by atoms with Crippen molar-refractivity contribution in [3.8, 4) is 11.5 Å². The first-order valence-electron chi connectivity index (χ1n) is 11.7. The van der Waals surface area contributed by atoms with E-state index in [1.54, 1.807) is 26.6 Å². The molecule has 0 bridgehead atoms. The standard InChI is InChI=1S/C25H34N4O3/c1-31-22-15-20(16-23(17-22)32-2)7-6-19-8-13-28(14-9-19)24(30)21-5-3-12-29(18-21)25-26-10-4-11-27-25/h4,10-11,15-17,19,21H,3,5-9,12-14,18H2,1-2H3/t21-/m0/s1. The van der Waals surface area contributed by atoms with Crippen LogP contribution in [-0.2, 0) is 11.2 Å². The summed E-state index contributed by atoms with van der Waals surface area (Å²) in [5.74, 6) is 3.41. The maximum Gasteiger partial charge on any atom is 0.227 e. The monoisotopic (exact) mass is 438 g/mol. The van der Waals surface area contributed by atoms with Gasteiger partial charge in [-0.25, -0.2) is 9.97 Å². The van der Waals surface area contributed by atoms with E-state index in [0.717, 1.165) is 82.2 Å². The van der Waals surface area contributed by atoms with E-state index in [1.165, 1.54) is 5.56 Å². The van der Waals surface area contributed by atoms with Gasteiger partial charge in [-0.15, -0.1) is 0 Å². The molecule has 7 nitrogen and oxygen atoms in total. The molecular formula is C25H34N4O3. The molecule has 7 heteroatoms. The molecule has 172 valence electrons. The van der Waals surface area contributed by atoms with Gasteiger partial charge in [0, 0.05) is 44.6 Å². The van der Waals surface area contributed by atoms with Gasteiger partial charge in [0.1, 0.15) is 11.5 Å². The predicted molar refractivity (Wildman–Crippen MR) is 124 cm³/mol. The van der Waals surface area contributed by atoms with Crippen molar-refractivity contribution in [3.05, 3.63) is 42.2 Å². The van der Waals surface area contributed by atoms with E-state index < -0.39 is 0 Å². The molecule has 0 saturated carbocycles. The summed E-state index contributed by atoms with van der Waals surface area (Å²) < 4.78 is 10.8. The lowest BCUT2D eigenvalue weighted by Gasteiger charge is -2.38. The van der Waals surface area contributed by atoms with Crippen molar-refractivity contribution in [3.63, 3.8) is 0 Å². The maximum absolute atomic E-state index is 13.2. The molecule has 0 N–H and O–H groups in total. The highest BCUT2D eigenvalue weighted by atomic mass is 16.5. The lowest BCUT2D eigenvalue weighted by molar-refractivity contribution is -0.137. The van der Waals surface area contributed by atoms with Gasteiger partial charge in [-0.2, -0.15) is 0 Å². The Balaban J connectivity index is 1.26. The second-order valence-electron chi connectivity index (χ2n) is 8.86. The highest BCUT2D eigenvalue weighted by Gasteiger charge is 2.32. The molecule has 0 aliphatic carbocycles. The van der Waals surface area contributed by atoms with Gasteiger partial charge in [0.2, 0.25) is 11.9 Å². The summed E-state index contributed by atoms with van der Waals surface area (Å²) in [5.41, 5.74) is 1.24. The number of benzene rings is 1. The van der Waals surface area contributed by atoms with Crippen LogP contribution in [0.5, 0.6) is 11.5 Å². The summed E-state index contributed by atoms with van der Waals surface area (Å²) in [4.78, 5) is 26.2. The van der Waals surface area contributed by atoms with Crippen LogP contribution >= 0.6 is 0 Å². The fourth-order valence-electron chi connectivity index (χ4n) is 4.90. The van der Waals surface area contributed by atoms with E-state index in [0.29, 0.717) is 11.8 Å². The molecule has 1 amide bonds. The molecular weight excluding hydrogens is 404 g/mol. The highest BCUT2D eigenvalue weighted by molar-refractivity contribution is 5.79. The van der Waals surface area contributed by atoms with Gasteiger partial charge >= 0.3 is 0 Å². The molecule has 4 rings (SSSR count). The number of piperidine rings is 2. The smallest absolute Gasteiger partial charge is 0.227 e. The zero-order valence-electron chi connectivity index (χ0n) is 19.2. The predicted octanol–water partition coefficient (Wildman–Crippen LogP) is 3.58. The van der Waals surface area contributed by atoms with Gasteiger partial charge in [-0.3, -0.25) is 4.79 Å². The van der Waals surface area contributed by atoms with Gasteiger partial charge in [0.15, 0.2) is 0 Å². The Kier molecular flexibility index (Phi) is 7.45. The van der Waals surface area contributed by atoms with Crippen LogP contribution in [0.15, 0.2) is 36.7 Å². The second-order valence-corrected chi connectivity index (χ2v) is 8.86. The first-order chi connectivity index (χ1) is 15.7. The summed E-state index contributed by atoms with van der Waals surface area (Å²) in [6.45, 7) is 3.37. The number of hydrogen-bond donors (Lipinski definition) is 0. The number of carbonyl (C=O) groups excluding carboxylic acids is 1. The van der Waals surface area contributed by atoms with E-state index >= 15 is 0 Å². The zero-order valence-corrected chi connectivity index (χ0v) is 19.2. The van der Waals surface area contributed by atoms with Gasteiger partial charge in [0.25, 0.3) is 0 Å². The minimum Gasteiger partial charge on any atom is -0.497 e. The summed E-state index contributed by atoms with van der Waals surface area (Å²) in [5, 5.41) is 0. The zero-order chi connectivity index (χ0) is 22.3. The van der Waals surface area contributed by atoms with Crippen LogP contribution in [0.3, 0.4) is 0 Å². The van der Waals surface area contributed by atoms with Crippen LogP contribution in [-0.4, -0.2) is 61.2 Å². The van der Waals surface area contributed by atoms with Crippen LogP contribution in [0.4, 0.5) is 5.95 Å².